The van der Waals surface area contributed by atoms with Gasteiger partial charge in [-0.05, 0) is 44.0 Å². The van der Waals surface area contributed by atoms with E-state index in [0.29, 0.717) is 11.7 Å². The maximum Gasteiger partial charge on any atom is 0.0472 e. The second-order valence-corrected chi connectivity index (χ2v) is 8.07. The van der Waals surface area contributed by atoms with Gasteiger partial charge in [0.15, 0.2) is 0 Å². The maximum atomic E-state index is 5.78. The molecule has 1 saturated heterocycles. The van der Waals surface area contributed by atoms with Crippen LogP contribution in [0.1, 0.15) is 36.2 Å². The number of hydrogen-bond donors (Lipinski definition) is 1. The lowest BCUT2D eigenvalue weighted by Crippen LogP contribution is -2.48. The second kappa shape index (κ2) is 9.19. The van der Waals surface area contributed by atoms with E-state index in [2.05, 4.69) is 78.8 Å². The molecular weight excluding hydrogens is 356 g/mol. The van der Waals surface area contributed by atoms with Gasteiger partial charge in [-0.3, -0.25) is 4.90 Å². The first-order valence-corrected chi connectivity index (χ1v) is 10.4. The van der Waals surface area contributed by atoms with Gasteiger partial charge in [-0.2, -0.15) is 0 Å². The van der Waals surface area contributed by atoms with E-state index in [-0.39, 0.29) is 0 Å². The number of nitrogens with two attached hydrogens (primary N) is 1. The van der Waals surface area contributed by atoms with Gasteiger partial charge < -0.3 is 15.2 Å². The number of benzene rings is 1. The van der Waals surface area contributed by atoms with E-state index in [4.69, 9.17) is 5.73 Å². The Balaban J connectivity index is 1.78. The largest absolute Gasteiger partial charge is 0.399 e. The van der Waals surface area contributed by atoms with Gasteiger partial charge in [0.05, 0.1) is 0 Å². The van der Waals surface area contributed by atoms with Crippen LogP contribution in [0.4, 0.5) is 0 Å². The number of nitrogens with zero attached hydrogens (tertiary/aromatic N) is 3. The minimum absolute atomic E-state index is 0.604. The van der Waals surface area contributed by atoms with Gasteiger partial charge in [-0.15, -0.1) is 0 Å². The normalized spacial score (nSPS) is 15.7. The van der Waals surface area contributed by atoms with Crippen molar-refractivity contribution in [3.05, 3.63) is 84.2 Å². The standard InChI is InChI=1S/C25H34N4/c1-6-7-25(28-16-14-27(15-17-28)19(2)3)24-12-13-29(21(24)5)18-22-8-10-23(11-9-22)20(4)26/h6-13,19H,1,4,14-18,26H2,2-3,5H3/b25-7+. The fourth-order valence-corrected chi connectivity index (χ4v) is 3.97. The third kappa shape index (κ3) is 4.83. The van der Waals surface area contributed by atoms with E-state index in [0.717, 1.165) is 38.3 Å². The fraction of sp³-hybridized carbons (Fsp3) is 0.360. The average molecular weight is 391 g/mol. The Hall–Kier alpha value is -2.72. The lowest BCUT2D eigenvalue weighted by molar-refractivity contribution is 0.143. The molecular formula is C25H34N4. The molecule has 0 saturated carbocycles. The van der Waals surface area contributed by atoms with Crippen molar-refractivity contribution >= 4 is 11.4 Å². The summed E-state index contributed by atoms with van der Waals surface area (Å²) in [5.41, 5.74) is 12.5. The van der Waals surface area contributed by atoms with Crippen LogP contribution >= 0.6 is 0 Å². The van der Waals surface area contributed by atoms with Crippen LogP contribution in [0, 0.1) is 6.92 Å². The molecule has 2 heterocycles. The van der Waals surface area contributed by atoms with Gasteiger partial charge in [0.25, 0.3) is 0 Å². The number of piperazine rings is 1. The van der Waals surface area contributed by atoms with Crippen LogP contribution in [-0.2, 0) is 6.54 Å². The van der Waals surface area contributed by atoms with E-state index < -0.39 is 0 Å². The highest BCUT2D eigenvalue weighted by atomic mass is 15.3. The quantitative estimate of drug-likeness (QED) is 0.715. The van der Waals surface area contributed by atoms with Crippen LogP contribution < -0.4 is 5.73 Å². The molecule has 3 rings (SSSR count). The van der Waals surface area contributed by atoms with Crippen molar-refractivity contribution in [1.29, 1.82) is 0 Å². The summed E-state index contributed by atoms with van der Waals surface area (Å²) >= 11 is 0. The van der Waals surface area contributed by atoms with Gasteiger partial charge in [0.2, 0.25) is 0 Å². The number of hydrogen-bond acceptors (Lipinski definition) is 3. The Morgan fingerprint density at radius 2 is 1.76 bits per heavy atom. The fourth-order valence-electron chi connectivity index (χ4n) is 3.97. The molecule has 154 valence electrons. The predicted molar refractivity (Wildman–Crippen MR) is 124 cm³/mol. The van der Waals surface area contributed by atoms with Crippen molar-refractivity contribution in [3.8, 4) is 0 Å². The van der Waals surface area contributed by atoms with Crippen LogP contribution in [0.2, 0.25) is 0 Å². The molecule has 0 amide bonds. The Morgan fingerprint density at radius 3 is 2.31 bits per heavy atom. The molecule has 2 aromatic rings. The molecule has 4 heteroatoms. The summed E-state index contributed by atoms with van der Waals surface area (Å²) in [6, 6.07) is 11.2. The molecule has 0 spiro atoms. The van der Waals surface area contributed by atoms with Crippen LogP contribution in [0.25, 0.3) is 11.4 Å². The first kappa shape index (κ1) is 21.0. The third-order valence-corrected chi connectivity index (χ3v) is 5.86. The summed E-state index contributed by atoms with van der Waals surface area (Å²) < 4.78 is 2.31. The maximum absolute atomic E-state index is 5.78. The van der Waals surface area contributed by atoms with E-state index in [1.807, 2.05) is 18.2 Å². The third-order valence-electron chi connectivity index (χ3n) is 5.86. The first-order valence-electron chi connectivity index (χ1n) is 10.4. The van der Waals surface area contributed by atoms with E-state index in [1.54, 1.807) is 0 Å². The molecule has 0 bridgehead atoms. The van der Waals surface area contributed by atoms with Crippen molar-refractivity contribution in [2.45, 2.75) is 33.4 Å². The molecule has 0 radical (unpaired) electrons. The Labute approximate surface area is 175 Å². The zero-order valence-corrected chi connectivity index (χ0v) is 18.1. The lowest BCUT2D eigenvalue weighted by atomic mass is 10.1. The Kier molecular flexibility index (Phi) is 6.65. The van der Waals surface area contributed by atoms with E-state index in [9.17, 15) is 0 Å². The highest BCUT2D eigenvalue weighted by Gasteiger charge is 2.22. The molecule has 1 aliphatic rings. The molecule has 0 atom stereocenters. The first-order chi connectivity index (χ1) is 13.9. The van der Waals surface area contributed by atoms with Crippen molar-refractivity contribution < 1.29 is 0 Å². The molecule has 0 aliphatic carbocycles. The van der Waals surface area contributed by atoms with Gasteiger partial charge in [0.1, 0.15) is 0 Å². The highest BCUT2D eigenvalue weighted by Crippen LogP contribution is 2.26. The van der Waals surface area contributed by atoms with Crippen molar-refractivity contribution in [2.24, 2.45) is 5.73 Å². The minimum Gasteiger partial charge on any atom is -0.399 e. The smallest absolute Gasteiger partial charge is 0.0472 e. The molecule has 2 N–H and O–H groups in total. The highest BCUT2D eigenvalue weighted by molar-refractivity contribution is 5.68. The topological polar surface area (TPSA) is 37.4 Å². The molecule has 1 aliphatic heterocycles. The molecule has 29 heavy (non-hydrogen) atoms. The monoisotopic (exact) mass is 390 g/mol. The summed E-state index contributed by atoms with van der Waals surface area (Å²) in [6.07, 6.45) is 6.24. The Bertz CT molecular complexity index is 878. The predicted octanol–water partition coefficient (Wildman–Crippen LogP) is 4.33. The molecule has 1 aromatic carbocycles. The van der Waals surface area contributed by atoms with Gasteiger partial charge in [-0.1, -0.05) is 43.5 Å². The summed E-state index contributed by atoms with van der Waals surface area (Å²) in [4.78, 5) is 5.04. The van der Waals surface area contributed by atoms with Crippen LogP contribution in [0.3, 0.4) is 0 Å². The van der Waals surface area contributed by atoms with Crippen LogP contribution in [-0.4, -0.2) is 46.6 Å². The zero-order chi connectivity index (χ0) is 21.0. The summed E-state index contributed by atoms with van der Waals surface area (Å²) in [7, 11) is 0. The SMILES string of the molecule is C=C/C=C(\c1ccn(Cc2ccc(C(=C)N)cc2)c1C)N1CCN(C(C)C)CC1. The summed E-state index contributed by atoms with van der Waals surface area (Å²) in [5.74, 6) is 0. The van der Waals surface area contributed by atoms with Crippen LogP contribution in [0.15, 0.2) is 61.8 Å². The molecule has 4 nitrogen and oxygen atoms in total. The summed E-state index contributed by atoms with van der Waals surface area (Å²) in [5, 5.41) is 0. The van der Waals surface area contributed by atoms with Crippen LogP contribution in [0.5, 0.6) is 0 Å². The number of rotatable bonds is 7. The summed E-state index contributed by atoms with van der Waals surface area (Å²) in [6.45, 7) is 19.6. The minimum atomic E-state index is 0.604. The van der Waals surface area contributed by atoms with Gasteiger partial charge in [0, 0.05) is 67.6 Å². The second-order valence-electron chi connectivity index (χ2n) is 8.07. The van der Waals surface area contributed by atoms with Gasteiger partial charge in [-0.25, -0.2) is 0 Å². The lowest BCUT2D eigenvalue weighted by Gasteiger charge is -2.39. The molecule has 0 unspecified atom stereocenters. The molecule has 1 aromatic heterocycles. The average Bonchev–Trinajstić information content (AvgIpc) is 3.06. The van der Waals surface area contributed by atoms with Gasteiger partial charge >= 0.3 is 0 Å². The zero-order valence-electron chi connectivity index (χ0n) is 18.1. The van der Waals surface area contributed by atoms with E-state index in [1.165, 1.54) is 22.5 Å². The molecule has 1 fully saturated rings. The number of aromatic nitrogens is 1. The Morgan fingerprint density at radius 1 is 1.10 bits per heavy atom. The van der Waals surface area contributed by atoms with E-state index >= 15 is 0 Å². The number of allylic oxidation sites excluding steroid dienone is 2. The van der Waals surface area contributed by atoms with Crippen molar-refractivity contribution in [1.82, 2.24) is 14.4 Å². The van der Waals surface area contributed by atoms with Crippen molar-refractivity contribution in [2.75, 3.05) is 26.2 Å². The van der Waals surface area contributed by atoms with Crippen molar-refractivity contribution in [3.63, 3.8) is 0 Å².